The summed E-state index contributed by atoms with van der Waals surface area (Å²) < 4.78 is 17.3. The van der Waals surface area contributed by atoms with Crippen LogP contribution in [0.25, 0.3) is 11.0 Å². The third-order valence-electron chi connectivity index (χ3n) is 2.53. The van der Waals surface area contributed by atoms with Crippen molar-refractivity contribution in [3.05, 3.63) is 36.0 Å². The fourth-order valence-electron chi connectivity index (χ4n) is 1.55. The summed E-state index contributed by atoms with van der Waals surface area (Å²) in [4.78, 5) is 8.25. The summed E-state index contributed by atoms with van der Waals surface area (Å²) in [6.07, 6.45) is 1.63. The summed E-state index contributed by atoms with van der Waals surface area (Å²) in [6.45, 7) is 1.78. The van der Waals surface area contributed by atoms with E-state index < -0.39 is 11.6 Å². The van der Waals surface area contributed by atoms with Crippen molar-refractivity contribution < 1.29 is 9.50 Å². The van der Waals surface area contributed by atoms with Crippen LogP contribution in [0.15, 0.2) is 34.6 Å². The fourth-order valence-corrected chi connectivity index (χ4v) is 2.18. The number of fused-ring (bicyclic) bond motifs is 1. The number of benzene rings is 1. The summed E-state index contributed by atoms with van der Waals surface area (Å²) in [5.41, 5.74) is 0.864. The van der Waals surface area contributed by atoms with Gasteiger partial charge in [0.15, 0.2) is 22.2 Å². The maximum atomic E-state index is 13.2. The van der Waals surface area contributed by atoms with E-state index in [-0.39, 0.29) is 0 Å². The largest absolute Gasteiger partial charge is 0.505 e. The molecule has 0 spiro atoms. The second-order valence-electron chi connectivity index (χ2n) is 3.98. The van der Waals surface area contributed by atoms with Gasteiger partial charge >= 0.3 is 0 Å². The number of aromatic nitrogens is 3. The van der Waals surface area contributed by atoms with Crippen molar-refractivity contribution in [2.75, 3.05) is 0 Å². The highest BCUT2D eigenvalue weighted by Gasteiger charge is 2.07. The van der Waals surface area contributed by atoms with Crippen LogP contribution >= 0.6 is 11.5 Å². The Labute approximate surface area is 116 Å². The average Bonchev–Trinajstić information content (AvgIpc) is 2.82. The van der Waals surface area contributed by atoms with Crippen molar-refractivity contribution in [1.82, 2.24) is 14.3 Å². The number of phenolic OH excluding ortho intramolecular Hbond substituents is 1. The number of hydrogen-bond acceptors (Lipinski definition) is 7. The highest BCUT2D eigenvalue weighted by molar-refractivity contribution is 7.11. The quantitative estimate of drug-likeness (QED) is 0.730. The second kappa shape index (κ2) is 4.89. The minimum Gasteiger partial charge on any atom is -0.505 e. The van der Waals surface area contributed by atoms with Gasteiger partial charge < -0.3 is 5.11 Å². The van der Waals surface area contributed by atoms with Gasteiger partial charge in [-0.25, -0.2) is 14.4 Å². The van der Waals surface area contributed by atoms with E-state index in [0.29, 0.717) is 27.5 Å². The molecule has 20 heavy (non-hydrogen) atoms. The molecule has 0 atom stereocenters. The van der Waals surface area contributed by atoms with Crippen molar-refractivity contribution in [3.8, 4) is 5.75 Å². The number of aryl methyl sites for hydroxylation is 1. The summed E-state index contributed by atoms with van der Waals surface area (Å²) in [6, 6.07) is 3.79. The minimum absolute atomic E-state index is 0.301. The molecule has 0 fully saturated rings. The van der Waals surface area contributed by atoms with E-state index >= 15 is 0 Å². The minimum atomic E-state index is -0.741. The zero-order valence-corrected chi connectivity index (χ0v) is 11.1. The zero-order valence-electron chi connectivity index (χ0n) is 10.3. The van der Waals surface area contributed by atoms with Crippen LogP contribution in [0.5, 0.6) is 5.75 Å². The van der Waals surface area contributed by atoms with Gasteiger partial charge in [-0.1, -0.05) is 0 Å². The van der Waals surface area contributed by atoms with Crippen LogP contribution in [0.4, 0.5) is 15.1 Å². The number of phenols is 1. The van der Waals surface area contributed by atoms with Crippen LogP contribution in [0.3, 0.4) is 0 Å². The molecule has 0 bridgehead atoms. The van der Waals surface area contributed by atoms with Gasteiger partial charge in [-0.05, 0) is 30.6 Å². The topological polar surface area (TPSA) is 83.6 Å². The van der Waals surface area contributed by atoms with Gasteiger partial charge in [0.1, 0.15) is 5.82 Å². The van der Waals surface area contributed by atoms with E-state index in [1.165, 1.54) is 12.1 Å². The van der Waals surface area contributed by atoms with Crippen LogP contribution in [-0.2, 0) is 0 Å². The van der Waals surface area contributed by atoms with E-state index in [2.05, 4.69) is 24.6 Å². The van der Waals surface area contributed by atoms with Gasteiger partial charge in [-0.2, -0.15) is 4.37 Å². The molecule has 3 aromatic rings. The molecule has 0 aliphatic heterocycles. The highest BCUT2D eigenvalue weighted by Crippen LogP contribution is 2.31. The molecule has 2 aromatic heterocycles. The monoisotopic (exact) mass is 289 g/mol. The van der Waals surface area contributed by atoms with Gasteiger partial charge in [0.25, 0.3) is 0 Å². The summed E-state index contributed by atoms with van der Waals surface area (Å²) >= 11 is 1.14. The molecule has 0 unspecified atom stereocenters. The summed E-state index contributed by atoms with van der Waals surface area (Å²) in [5, 5.41) is 18.3. The molecule has 0 amide bonds. The van der Waals surface area contributed by atoms with Crippen molar-refractivity contribution in [2.45, 2.75) is 6.92 Å². The van der Waals surface area contributed by atoms with E-state index in [1.54, 1.807) is 13.1 Å². The van der Waals surface area contributed by atoms with Crippen LogP contribution < -0.4 is 0 Å². The molecule has 100 valence electrons. The Kier molecular flexibility index (Phi) is 3.07. The number of halogens is 1. The molecule has 0 saturated heterocycles. The highest BCUT2D eigenvalue weighted by atomic mass is 32.1. The van der Waals surface area contributed by atoms with E-state index in [1.807, 2.05) is 0 Å². The third kappa shape index (κ3) is 2.32. The summed E-state index contributed by atoms with van der Waals surface area (Å²) in [5.74, 6) is -0.530. The normalized spacial score (nSPS) is 11.5. The number of azo groups is 1. The lowest BCUT2D eigenvalue weighted by atomic mass is 10.3. The second-order valence-corrected chi connectivity index (χ2v) is 4.73. The lowest BCUT2D eigenvalue weighted by molar-refractivity contribution is 0.432. The molecule has 0 saturated carbocycles. The third-order valence-corrected chi connectivity index (χ3v) is 3.26. The molecular formula is C12H8FN5OS. The first-order chi connectivity index (χ1) is 9.63. The van der Waals surface area contributed by atoms with Crippen molar-refractivity contribution in [3.63, 3.8) is 0 Å². The molecule has 1 N–H and O–H groups in total. The Hall–Kier alpha value is -2.48. The molecule has 1 aromatic carbocycles. The maximum Gasteiger partial charge on any atom is 0.178 e. The Morgan fingerprint density at radius 3 is 2.95 bits per heavy atom. The lowest BCUT2D eigenvalue weighted by Crippen LogP contribution is -1.85. The van der Waals surface area contributed by atoms with Gasteiger partial charge in [-0.15, -0.1) is 10.2 Å². The first-order valence-corrected chi connectivity index (χ1v) is 6.40. The number of nitrogens with zero attached hydrogens (tertiary/aromatic N) is 5. The van der Waals surface area contributed by atoms with Crippen LogP contribution in [0.1, 0.15) is 5.82 Å². The standard InChI is InChI=1S/C12H8FN5OS/c1-6-14-5-8-11(15-6)18-20-12(8)17-16-7-2-3-10(19)9(13)4-7/h2-5,19H,1H3/b17-16+. The zero-order chi connectivity index (χ0) is 14.1. The first-order valence-electron chi connectivity index (χ1n) is 5.63. The van der Waals surface area contributed by atoms with Crippen LogP contribution in [-0.4, -0.2) is 19.4 Å². The van der Waals surface area contributed by atoms with E-state index in [0.717, 1.165) is 17.6 Å². The molecule has 2 heterocycles. The van der Waals surface area contributed by atoms with Gasteiger partial charge in [0.2, 0.25) is 0 Å². The van der Waals surface area contributed by atoms with E-state index in [4.69, 9.17) is 5.11 Å². The SMILES string of the molecule is Cc1ncc2c(/N=N/c3ccc(O)c(F)c3)snc2n1. The number of aromatic hydroxyl groups is 1. The van der Waals surface area contributed by atoms with E-state index in [9.17, 15) is 4.39 Å². The number of hydrogen-bond donors (Lipinski definition) is 1. The smallest absolute Gasteiger partial charge is 0.178 e. The molecule has 6 nitrogen and oxygen atoms in total. The lowest BCUT2D eigenvalue weighted by Gasteiger charge is -1.95. The van der Waals surface area contributed by atoms with Gasteiger partial charge in [-0.3, -0.25) is 0 Å². The van der Waals surface area contributed by atoms with Crippen LogP contribution in [0, 0.1) is 12.7 Å². The van der Waals surface area contributed by atoms with Crippen LogP contribution in [0.2, 0.25) is 0 Å². The van der Waals surface area contributed by atoms with Gasteiger partial charge in [0, 0.05) is 12.3 Å². The average molecular weight is 289 g/mol. The first kappa shape index (κ1) is 12.5. The Bertz CT molecular complexity index is 817. The summed E-state index contributed by atoms with van der Waals surface area (Å²) in [7, 11) is 0. The van der Waals surface area contributed by atoms with Crippen molar-refractivity contribution in [2.24, 2.45) is 10.2 Å². The Morgan fingerprint density at radius 1 is 1.30 bits per heavy atom. The molecule has 0 aliphatic rings. The molecular weight excluding hydrogens is 281 g/mol. The predicted octanol–water partition coefficient (Wildman–Crippen LogP) is 3.65. The van der Waals surface area contributed by atoms with Gasteiger partial charge in [0.05, 0.1) is 11.1 Å². The number of rotatable bonds is 2. The van der Waals surface area contributed by atoms with Crippen molar-refractivity contribution >= 4 is 33.3 Å². The molecule has 0 radical (unpaired) electrons. The molecule has 8 heteroatoms. The predicted molar refractivity (Wildman–Crippen MR) is 72.2 cm³/mol. The maximum absolute atomic E-state index is 13.2. The fraction of sp³-hybridized carbons (Fsp3) is 0.0833. The Morgan fingerprint density at radius 2 is 2.15 bits per heavy atom. The molecule has 0 aliphatic carbocycles. The molecule has 3 rings (SSSR count). The Balaban J connectivity index is 1.96. The van der Waals surface area contributed by atoms with Crippen molar-refractivity contribution in [1.29, 1.82) is 0 Å².